The Hall–Kier alpha value is -1.42. The summed E-state index contributed by atoms with van der Waals surface area (Å²) in [6, 6.07) is 4.18. The standard InChI is InChI=1S/C16H23NO3/c1-11-3-5-13(6-4-11)17(2)9-12-7-15-16(8-14(12)18)20-10-19-15/h7-8,11,13,18H,3-6,9-10H2,1-2H3. The fourth-order valence-corrected chi connectivity index (χ4v) is 3.18. The minimum absolute atomic E-state index is 0.245. The van der Waals surface area contributed by atoms with Crippen molar-refractivity contribution in [3.8, 4) is 17.2 Å². The lowest BCUT2D eigenvalue weighted by Crippen LogP contribution is -2.34. The number of hydrogen-bond acceptors (Lipinski definition) is 4. The van der Waals surface area contributed by atoms with Gasteiger partial charge in [0.15, 0.2) is 11.5 Å². The zero-order chi connectivity index (χ0) is 14.1. The van der Waals surface area contributed by atoms with E-state index in [0.29, 0.717) is 17.5 Å². The summed E-state index contributed by atoms with van der Waals surface area (Å²) in [6.07, 6.45) is 5.12. The fourth-order valence-electron chi connectivity index (χ4n) is 3.18. The van der Waals surface area contributed by atoms with E-state index in [1.54, 1.807) is 6.07 Å². The Balaban J connectivity index is 1.68. The summed E-state index contributed by atoms with van der Waals surface area (Å²) in [5, 5.41) is 10.1. The van der Waals surface area contributed by atoms with Crippen LogP contribution in [0.5, 0.6) is 17.2 Å². The quantitative estimate of drug-likeness (QED) is 0.921. The lowest BCUT2D eigenvalue weighted by atomic mass is 9.86. The molecule has 1 saturated carbocycles. The summed E-state index contributed by atoms with van der Waals surface area (Å²) in [5.41, 5.74) is 0.912. The zero-order valence-corrected chi connectivity index (χ0v) is 12.3. The molecule has 0 bridgehead atoms. The predicted molar refractivity (Wildman–Crippen MR) is 77.1 cm³/mol. The van der Waals surface area contributed by atoms with Gasteiger partial charge in [0.25, 0.3) is 0 Å². The molecule has 0 saturated heterocycles. The molecule has 0 amide bonds. The van der Waals surface area contributed by atoms with E-state index in [-0.39, 0.29) is 6.79 Å². The van der Waals surface area contributed by atoms with Crippen LogP contribution in [0.15, 0.2) is 12.1 Å². The van der Waals surface area contributed by atoms with Crippen LogP contribution in [0.25, 0.3) is 0 Å². The van der Waals surface area contributed by atoms with Crippen molar-refractivity contribution in [1.29, 1.82) is 0 Å². The highest BCUT2D eigenvalue weighted by atomic mass is 16.7. The monoisotopic (exact) mass is 277 g/mol. The zero-order valence-electron chi connectivity index (χ0n) is 12.3. The van der Waals surface area contributed by atoms with Crippen LogP contribution in [-0.2, 0) is 6.54 Å². The molecule has 1 aliphatic heterocycles. The molecule has 0 unspecified atom stereocenters. The second-order valence-electron chi connectivity index (χ2n) is 6.16. The maximum atomic E-state index is 10.1. The van der Waals surface area contributed by atoms with Gasteiger partial charge in [-0.1, -0.05) is 6.92 Å². The summed E-state index contributed by atoms with van der Waals surface area (Å²) in [6.45, 7) is 3.33. The third-order valence-electron chi connectivity index (χ3n) is 4.60. The number of nitrogens with zero attached hydrogens (tertiary/aromatic N) is 1. The SMILES string of the molecule is CC1CCC(N(C)Cc2cc3c(cc2O)OCO3)CC1. The molecule has 4 heteroatoms. The molecular formula is C16H23NO3. The maximum absolute atomic E-state index is 10.1. The lowest BCUT2D eigenvalue weighted by molar-refractivity contribution is 0.162. The van der Waals surface area contributed by atoms with Crippen LogP contribution in [0.4, 0.5) is 0 Å². The summed E-state index contributed by atoms with van der Waals surface area (Å²) in [7, 11) is 2.14. The first-order valence-electron chi connectivity index (χ1n) is 7.45. The van der Waals surface area contributed by atoms with E-state index in [9.17, 15) is 5.11 Å². The van der Waals surface area contributed by atoms with Gasteiger partial charge in [-0.15, -0.1) is 0 Å². The van der Waals surface area contributed by atoms with Gasteiger partial charge in [0.05, 0.1) is 0 Å². The van der Waals surface area contributed by atoms with Crippen molar-refractivity contribution >= 4 is 0 Å². The summed E-state index contributed by atoms with van der Waals surface area (Å²) in [5.74, 6) is 2.53. The molecule has 1 aromatic carbocycles. The molecule has 0 atom stereocenters. The number of phenols is 1. The molecule has 1 aromatic rings. The number of fused-ring (bicyclic) bond motifs is 1. The van der Waals surface area contributed by atoms with Crippen molar-refractivity contribution in [2.75, 3.05) is 13.8 Å². The Morgan fingerprint density at radius 2 is 1.80 bits per heavy atom. The van der Waals surface area contributed by atoms with Gasteiger partial charge in [0, 0.05) is 24.2 Å². The lowest BCUT2D eigenvalue weighted by Gasteiger charge is -2.33. The molecule has 110 valence electrons. The van der Waals surface area contributed by atoms with Crippen molar-refractivity contribution in [2.24, 2.45) is 5.92 Å². The van der Waals surface area contributed by atoms with Crippen LogP contribution >= 0.6 is 0 Å². The summed E-state index contributed by atoms with van der Waals surface area (Å²) in [4.78, 5) is 2.35. The average Bonchev–Trinajstić information content (AvgIpc) is 2.87. The molecule has 20 heavy (non-hydrogen) atoms. The van der Waals surface area contributed by atoms with Crippen molar-refractivity contribution in [2.45, 2.75) is 45.2 Å². The van der Waals surface area contributed by atoms with Crippen molar-refractivity contribution in [3.05, 3.63) is 17.7 Å². The maximum Gasteiger partial charge on any atom is 0.231 e. The van der Waals surface area contributed by atoms with Crippen LogP contribution in [-0.4, -0.2) is 29.9 Å². The van der Waals surface area contributed by atoms with Gasteiger partial charge in [-0.05, 0) is 44.7 Å². The summed E-state index contributed by atoms with van der Waals surface area (Å²) >= 11 is 0. The molecule has 1 heterocycles. The van der Waals surface area contributed by atoms with E-state index >= 15 is 0 Å². The first kappa shape index (κ1) is 13.6. The number of benzene rings is 1. The van der Waals surface area contributed by atoms with E-state index in [1.165, 1.54) is 25.7 Å². The van der Waals surface area contributed by atoms with Gasteiger partial charge >= 0.3 is 0 Å². The molecule has 0 spiro atoms. The van der Waals surface area contributed by atoms with Gasteiger partial charge in [0.2, 0.25) is 6.79 Å². The second-order valence-corrected chi connectivity index (χ2v) is 6.16. The molecule has 0 radical (unpaired) electrons. The van der Waals surface area contributed by atoms with Crippen LogP contribution in [0, 0.1) is 5.92 Å². The largest absolute Gasteiger partial charge is 0.507 e. The van der Waals surface area contributed by atoms with E-state index < -0.39 is 0 Å². The first-order chi connectivity index (χ1) is 9.63. The first-order valence-corrected chi connectivity index (χ1v) is 7.45. The van der Waals surface area contributed by atoms with E-state index in [1.807, 2.05) is 6.07 Å². The Bertz CT molecular complexity index is 481. The number of rotatable bonds is 3. The molecule has 3 rings (SSSR count). The highest BCUT2D eigenvalue weighted by Gasteiger charge is 2.23. The van der Waals surface area contributed by atoms with Gasteiger partial charge in [-0.3, -0.25) is 4.90 Å². The second kappa shape index (κ2) is 5.52. The normalized spacial score (nSPS) is 25.1. The van der Waals surface area contributed by atoms with Gasteiger partial charge in [0.1, 0.15) is 5.75 Å². The van der Waals surface area contributed by atoms with Crippen LogP contribution in [0.2, 0.25) is 0 Å². The molecule has 0 aromatic heterocycles. The Labute approximate surface area is 120 Å². The fraction of sp³-hybridized carbons (Fsp3) is 0.625. The predicted octanol–water partition coefficient (Wildman–Crippen LogP) is 3.13. The number of hydrogen-bond donors (Lipinski definition) is 1. The minimum Gasteiger partial charge on any atom is -0.507 e. The van der Waals surface area contributed by atoms with Gasteiger partial charge in [-0.25, -0.2) is 0 Å². The smallest absolute Gasteiger partial charge is 0.231 e. The third kappa shape index (κ3) is 2.70. The third-order valence-corrected chi connectivity index (χ3v) is 4.60. The molecule has 2 aliphatic rings. The van der Waals surface area contributed by atoms with Gasteiger partial charge < -0.3 is 14.6 Å². The van der Waals surface area contributed by atoms with E-state index in [0.717, 1.165) is 23.8 Å². The Morgan fingerprint density at radius 3 is 2.50 bits per heavy atom. The average molecular weight is 277 g/mol. The van der Waals surface area contributed by atoms with Crippen molar-refractivity contribution in [1.82, 2.24) is 4.90 Å². The molecule has 1 aliphatic carbocycles. The number of phenolic OH excluding ortho intramolecular Hbond substituents is 1. The van der Waals surface area contributed by atoms with Crippen molar-refractivity contribution < 1.29 is 14.6 Å². The highest BCUT2D eigenvalue weighted by molar-refractivity contribution is 5.51. The molecule has 1 fully saturated rings. The minimum atomic E-state index is 0.245. The number of ether oxygens (including phenoxy) is 2. The molecular weight excluding hydrogens is 254 g/mol. The van der Waals surface area contributed by atoms with Crippen LogP contribution < -0.4 is 9.47 Å². The van der Waals surface area contributed by atoms with Crippen molar-refractivity contribution in [3.63, 3.8) is 0 Å². The van der Waals surface area contributed by atoms with E-state index in [4.69, 9.17) is 9.47 Å². The Morgan fingerprint density at radius 1 is 1.15 bits per heavy atom. The van der Waals surface area contributed by atoms with Gasteiger partial charge in [-0.2, -0.15) is 0 Å². The topological polar surface area (TPSA) is 41.9 Å². The summed E-state index contributed by atoms with van der Waals surface area (Å²) < 4.78 is 10.7. The highest BCUT2D eigenvalue weighted by Crippen LogP contribution is 2.38. The molecule has 4 nitrogen and oxygen atoms in total. The Kier molecular flexibility index (Phi) is 3.74. The van der Waals surface area contributed by atoms with Crippen LogP contribution in [0.3, 0.4) is 0 Å². The molecule has 1 N–H and O–H groups in total. The number of aromatic hydroxyl groups is 1. The van der Waals surface area contributed by atoms with E-state index in [2.05, 4.69) is 18.9 Å². The van der Waals surface area contributed by atoms with Crippen LogP contribution in [0.1, 0.15) is 38.2 Å².